The van der Waals surface area contributed by atoms with Crippen LogP contribution in [0.1, 0.15) is 12.1 Å². The van der Waals surface area contributed by atoms with Gasteiger partial charge in [0.25, 0.3) is 0 Å². The number of imidazole rings is 2. The molecule has 6 nitrogen and oxygen atoms in total. The average Bonchev–Trinajstić information content (AvgIpc) is 2.93. The van der Waals surface area contributed by atoms with Gasteiger partial charge in [-0.15, -0.1) is 0 Å². The smallest absolute Gasteiger partial charge is 0.303 e. The van der Waals surface area contributed by atoms with E-state index in [1.165, 1.54) is 0 Å². The van der Waals surface area contributed by atoms with Crippen molar-refractivity contribution in [3.05, 3.63) is 30.1 Å². The summed E-state index contributed by atoms with van der Waals surface area (Å²) in [7, 11) is 3.53. The molecule has 20 heavy (non-hydrogen) atoms. The van der Waals surface area contributed by atoms with Gasteiger partial charge in [-0.05, 0) is 18.6 Å². The SMILES string of the molecule is COc1ccc2nc3n(C)c(CCC(=O)O)cn3c2c1. The van der Waals surface area contributed by atoms with Gasteiger partial charge in [-0.1, -0.05) is 0 Å². The molecule has 0 unspecified atom stereocenters. The van der Waals surface area contributed by atoms with E-state index in [9.17, 15) is 4.79 Å². The zero-order valence-electron chi connectivity index (χ0n) is 11.3. The Hall–Kier alpha value is -2.50. The highest BCUT2D eigenvalue weighted by Gasteiger charge is 2.13. The number of hydrogen-bond donors (Lipinski definition) is 1. The molecule has 2 heterocycles. The number of carboxylic acid groups (broad SMARTS) is 1. The van der Waals surface area contributed by atoms with E-state index < -0.39 is 5.97 Å². The number of carboxylic acids is 1. The lowest BCUT2D eigenvalue weighted by Crippen LogP contribution is -2.02. The zero-order chi connectivity index (χ0) is 14.3. The van der Waals surface area contributed by atoms with E-state index in [1.54, 1.807) is 7.11 Å². The maximum absolute atomic E-state index is 10.7. The second-order valence-electron chi connectivity index (χ2n) is 4.71. The van der Waals surface area contributed by atoms with Crippen LogP contribution in [0.4, 0.5) is 0 Å². The van der Waals surface area contributed by atoms with Gasteiger partial charge in [0, 0.05) is 25.0 Å². The third kappa shape index (κ3) is 1.89. The highest BCUT2D eigenvalue weighted by molar-refractivity contribution is 5.81. The molecule has 3 aromatic rings. The molecule has 0 aliphatic carbocycles. The summed E-state index contributed by atoms with van der Waals surface area (Å²) in [6.45, 7) is 0. The van der Waals surface area contributed by atoms with E-state index in [4.69, 9.17) is 9.84 Å². The molecule has 3 rings (SSSR count). The molecule has 0 saturated heterocycles. The number of hydrogen-bond acceptors (Lipinski definition) is 3. The summed E-state index contributed by atoms with van der Waals surface area (Å²) in [4.78, 5) is 15.2. The first-order chi connectivity index (χ1) is 9.60. The summed E-state index contributed by atoms with van der Waals surface area (Å²) in [5.41, 5.74) is 2.79. The molecule has 0 saturated carbocycles. The van der Waals surface area contributed by atoms with Crippen LogP contribution in [0, 0.1) is 0 Å². The number of benzene rings is 1. The summed E-state index contributed by atoms with van der Waals surface area (Å²) >= 11 is 0. The number of rotatable bonds is 4. The van der Waals surface area contributed by atoms with Crippen LogP contribution in [-0.2, 0) is 18.3 Å². The van der Waals surface area contributed by atoms with Gasteiger partial charge in [0.05, 0.1) is 24.6 Å². The van der Waals surface area contributed by atoms with Gasteiger partial charge in [0.2, 0.25) is 5.78 Å². The molecule has 0 bridgehead atoms. The van der Waals surface area contributed by atoms with Gasteiger partial charge in [-0.25, -0.2) is 4.98 Å². The molecule has 0 aliphatic heterocycles. The van der Waals surface area contributed by atoms with Crippen molar-refractivity contribution >= 4 is 22.8 Å². The van der Waals surface area contributed by atoms with Gasteiger partial charge in [-0.2, -0.15) is 0 Å². The highest BCUT2D eigenvalue weighted by atomic mass is 16.5. The number of aromatic nitrogens is 3. The Kier molecular flexibility index (Phi) is 2.85. The minimum absolute atomic E-state index is 0.113. The van der Waals surface area contributed by atoms with Crippen LogP contribution >= 0.6 is 0 Å². The molecule has 0 aliphatic rings. The van der Waals surface area contributed by atoms with E-state index in [1.807, 2.05) is 40.4 Å². The topological polar surface area (TPSA) is 68.8 Å². The Morgan fingerprint density at radius 3 is 2.95 bits per heavy atom. The molecule has 1 N–H and O–H groups in total. The van der Waals surface area contributed by atoms with Crippen LogP contribution in [0.2, 0.25) is 0 Å². The maximum Gasteiger partial charge on any atom is 0.303 e. The predicted molar refractivity (Wildman–Crippen MR) is 74.2 cm³/mol. The first-order valence-corrected chi connectivity index (χ1v) is 6.32. The number of methoxy groups -OCH3 is 1. The minimum Gasteiger partial charge on any atom is -0.497 e. The molecular formula is C14H15N3O3. The van der Waals surface area contributed by atoms with Crippen molar-refractivity contribution in [2.75, 3.05) is 7.11 Å². The lowest BCUT2D eigenvalue weighted by Gasteiger charge is -1.99. The lowest BCUT2D eigenvalue weighted by molar-refractivity contribution is -0.136. The highest BCUT2D eigenvalue weighted by Crippen LogP contribution is 2.23. The Balaban J connectivity index is 2.13. The summed E-state index contributed by atoms with van der Waals surface area (Å²) in [5.74, 6) is 0.777. The molecular weight excluding hydrogens is 258 g/mol. The van der Waals surface area contributed by atoms with Crippen molar-refractivity contribution < 1.29 is 14.6 Å². The molecule has 0 spiro atoms. The van der Waals surface area contributed by atoms with Crippen LogP contribution in [0.15, 0.2) is 24.4 Å². The van der Waals surface area contributed by atoms with Crippen LogP contribution < -0.4 is 4.74 Å². The van der Waals surface area contributed by atoms with Crippen molar-refractivity contribution in [3.63, 3.8) is 0 Å². The Morgan fingerprint density at radius 1 is 1.45 bits per heavy atom. The van der Waals surface area contributed by atoms with Crippen molar-refractivity contribution in [2.24, 2.45) is 7.05 Å². The number of aryl methyl sites for hydroxylation is 2. The number of ether oxygens (including phenoxy) is 1. The molecule has 6 heteroatoms. The summed E-state index contributed by atoms with van der Waals surface area (Å²) in [6, 6.07) is 5.72. The third-order valence-electron chi connectivity index (χ3n) is 3.48. The molecule has 0 amide bonds. The maximum atomic E-state index is 10.7. The van der Waals surface area contributed by atoms with Crippen molar-refractivity contribution in [3.8, 4) is 5.75 Å². The minimum atomic E-state index is -0.796. The van der Waals surface area contributed by atoms with Crippen LogP contribution in [0.5, 0.6) is 5.75 Å². The van der Waals surface area contributed by atoms with E-state index in [2.05, 4.69) is 4.98 Å². The largest absolute Gasteiger partial charge is 0.497 e. The Bertz CT molecular complexity index is 801. The molecule has 104 valence electrons. The molecule has 2 aromatic heterocycles. The van der Waals surface area contributed by atoms with Gasteiger partial charge < -0.3 is 14.4 Å². The average molecular weight is 273 g/mol. The fourth-order valence-electron chi connectivity index (χ4n) is 2.38. The second kappa shape index (κ2) is 4.56. The van der Waals surface area contributed by atoms with Crippen molar-refractivity contribution in [2.45, 2.75) is 12.8 Å². The third-order valence-corrected chi connectivity index (χ3v) is 3.48. The van der Waals surface area contributed by atoms with E-state index in [-0.39, 0.29) is 6.42 Å². The Labute approximate surface area is 115 Å². The standard InChI is InChI=1S/C14H15N3O3/c1-16-9(3-6-13(18)19)8-17-12-7-10(20-2)4-5-11(12)15-14(16)17/h4-5,7-8H,3,6H2,1-2H3,(H,18,19). The van der Waals surface area contributed by atoms with E-state index in [0.717, 1.165) is 28.3 Å². The number of fused-ring (bicyclic) bond motifs is 3. The first kappa shape index (κ1) is 12.5. The Morgan fingerprint density at radius 2 is 2.25 bits per heavy atom. The van der Waals surface area contributed by atoms with Crippen LogP contribution in [-0.4, -0.2) is 32.1 Å². The summed E-state index contributed by atoms with van der Waals surface area (Å²) < 4.78 is 9.12. The van der Waals surface area contributed by atoms with Gasteiger partial charge in [0.15, 0.2) is 0 Å². The molecule has 0 radical (unpaired) electrons. The van der Waals surface area contributed by atoms with Gasteiger partial charge in [0.1, 0.15) is 5.75 Å². The monoisotopic (exact) mass is 273 g/mol. The molecule has 0 fully saturated rings. The second-order valence-corrected chi connectivity index (χ2v) is 4.71. The first-order valence-electron chi connectivity index (χ1n) is 6.32. The predicted octanol–water partition coefficient (Wildman–Crippen LogP) is 1.85. The number of carbonyl (C=O) groups is 1. The van der Waals surface area contributed by atoms with Crippen LogP contribution in [0.25, 0.3) is 16.8 Å². The molecule has 1 aromatic carbocycles. The van der Waals surface area contributed by atoms with E-state index in [0.29, 0.717) is 6.42 Å². The van der Waals surface area contributed by atoms with Gasteiger partial charge in [-0.3, -0.25) is 9.20 Å². The lowest BCUT2D eigenvalue weighted by atomic mass is 10.2. The summed E-state index contributed by atoms with van der Waals surface area (Å²) in [6.07, 6.45) is 2.54. The van der Waals surface area contributed by atoms with E-state index >= 15 is 0 Å². The number of nitrogens with zero attached hydrogens (tertiary/aromatic N) is 3. The molecule has 0 atom stereocenters. The fourth-order valence-corrected chi connectivity index (χ4v) is 2.38. The zero-order valence-corrected chi connectivity index (χ0v) is 11.3. The summed E-state index contributed by atoms with van der Waals surface area (Å²) in [5, 5.41) is 8.78. The van der Waals surface area contributed by atoms with Crippen LogP contribution in [0.3, 0.4) is 0 Å². The van der Waals surface area contributed by atoms with Crippen molar-refractivity contribution in [1.29, 1.82) is 0 Å². The van der Waals surface area contributed by atoms with Crippen molar-refractivity contribution in [1.82, 2.24) is 14.0 Å². The fraction of sp³-hybridized carbons (Fsp3) is 0.286. The number of aliphatic carboxylic acids is 1. The quantitative estimate of drug-likeness (QED) is 0.787. The normalized spacial score (nSPS) is 11.3. The van der Waals surface area contributed by atoms with Gasteiger partial charge >= 0.3 is 5.97 Å².